The summed E-state index contributed by atoms with van der Waals surface area (Å²) in [6, 6.07) is 4.57. The summed E-state index contributed by atoms with van der Waals surface area (Å²) < 4.78 is 0. The van der Waals surface area contributed by atoms with E-state index in [-0.39, 0.29) is 18.1 Å². The maximum Gasteiger partial charge on any atom is 0.157 e. The SMILES string of the molecule is CC(C)(CO)c1ccc(O)c(O)c1. The molecule has 13 heavy (non-hydrogen) atoms. The molecule has 3 N–H and O–H groups in total. The van der Waals surface area contributed by atoms with Gasteiger partial charge in [0.1, 0.15) is 0 Å². The zero-order chi connectivity index (χ0) is 10.1. The Morgan fingerprint density at radius 1 is 1.15 bits per heavy atom. The average molecular weight is 182 g/mol. The number of hydrogen-bond acceptors (Lipinski definition) is 3. The van der Waals surface area contributed by atoms with Crippen LogP contribution in [0.25, 0.3) is 0 Å². The minimum atomic E-state index is -0.398. The number of rotatable bonds is 2. The number of hydrogen-bond donors (Lipinski definition) is 3. The zero-order valence-electron chi connectivity index (χ0n) is 7.78. The van der Waals surface area contributed by atoms with E-state index >= 15 is 0 Å². The summed E-state index contributed by atoms with van der Waals surface area (Å²) in [4.78, 5) is 0. The molecule has 0 bridgehead atoms. The Kier molecular flexibility index (Phi) is 2.48. The number of aliphatic hydroxyl groups is 1. The van der Waals surface area contributed by atoms with E-state index in [9.17, 15) is 5.11 Å². The molecule has 3 heteroatoms. The number of phenols is 2. The van der Waals surface area contributed by atoms with Gasteiger partial charge in [-0.05, 0) is 17.7 Å². The lowest BCUT2D eigenvalue weighted by atomic mass is 9.85. The van der Waals surface area contributed by atoms with Crippen LogP contribution in [0, 0.1) is 0 Å². The van der Waals surface area contributed by atoms with E-state index in [4.69, 9.17) is 10.2 Å². The van der Waals surface area contributed by atoms with Crippen molar-refractivity contribution in [3.05, 3.63) is 23.8 Å². The van der Waals surface area contributed by atoms with Crippen molar-refractivity contribution in [2.24, 2.45) is 0 Å². The summed E-state index contributed by atoms with van der Waals surface area (Å²) >= 11 is 0. The Labute approximate surface area is 77.3 Å². The van der Waals surface area contributed by atoms with Gasteiger partial charge in [-0.2, -0.15) is 0 Å². The number of phenolic OH excluding ortho intramolecular Hbond substituents is 2. The monoisotopic (exact) mass is 182 g/mol. The fourth-order valence-electron chi connectivity index (χ4n) is 1.04. The van der Waals surface area contributed by atoms with Crippen LogP contribution < -0.4 is 0 Å². The molecule has 1 aromatic carbocycles. The van der Waals surface area contributed by atoms with E-state index in [0.29, 0.717) is 0 Å². The van der Waals surface area contributed by atoms with Gasteiger partial charge in [0, 0.05) is 5.41 Å². The van der Waals surface area contributed by atoms with Crippen LogP contribution in [-0.4, -0.2) is 21.9 Å². The summed E-state index contributed by atoms with van der Waals surface area (Å²) in [6.07, 6.45) is 0. The predicted molar refractivity (Wildman–Crippen MR) is 49.9 cm³/mol. The lowest BCUT2D eigenvalue weighted by molar-refractivity contribution is 0.218. The second-order valence-electron chi connectivity index (χ2n) is 3.75. The molecular formula is C10H14O3. The molecule has 0 amide bonds. The predicted octanol–water partition coefficient (Wildman–Crippen LogP) is 1.37. The first-order valence-corrected chi connectivity index (χ1v) is 4.11. The van der Waals surface area contributed by atoms with Crippen molar-refractivity contribution in [2.75, 3.05) is 6.61 Å². The highest BCUT2D eigenvalue weighted by atomic mass is 16.3. The van der Waals surface area contributed by atoms with Gasteiger partial charge in [-0.3, -0.25) is 0 Å². The van der Waals surface area contributed by atoms with E-state index in [1.54, 1.807) is 6.07 Å². The van der Waals surface area contributed by atoms with Crippen molar-refractivity contribution < 1.29 is 15.3 Å². The molecule has 1 aromatic rings. The van der Waals surface area contributed by atoms with Gasteiger partial charge >= 0.3 is 0 Å². The smallest absolute Gasteiger partial charge is 0.157 e. The molecule has 0 unspecified atom stereocenters. The molecule has 72 valence electrons. The molecule has 3 nitrogen and oxygen atoms in total. The maximum absolute atomic E-state index is 9.23. The molecule has 0 aliphatic heterocycles. The molecule has 0 spiro atoms. The highest BCUT2D eigenvalue weighted by Crippen LogP contribution is 2.31. The van der Waals surface area contributed by atoms with E-state index in [1.807, 2.05) is 13.8 Å². The van der Waals surface area contributed by atoms with Crippen molar-refractivity contribution in [2.45, 2.75) is 19.3 Å². The number of benzene rings is 1. The third kappa shape index (κ3) is 1.92. The minimum absolute atomic E-state index is 0.00276. The number of aliphatic hydroxyl groups excluding tert-OH is 1. The van der Waals surface area contributed by atoms with Gasteiger partial charge in [0.25, 0.3) is 0 Å². The van der Waals surface area contributed by atoms with Crippen LogP contribution in [0.4, 0.5) is 0 Å². The lowest BCUT2D eigenvalue weighted by Gasteiger charge is -2.22. The second-order valence-corrected chi connectivity index (χ2v) is 3.75. The number of aromatic hydroxyl groups is 2. The zero-order valence-corrected chi connectivity index (χ0v) is 7.78. The molecule has 0 heterocycles. The van der Waals surface area contributed by atoms with E-state index in [2.05, 4.69) is 0 Å². The minimum Gasteiger partial charge on any atom is -0.504 e. The van der Waals surface area contributed by atoms with Crippen molar-refractivity contribution >= 4 is 0 Å². The van der Waals surface area contributed by atoms with Crippen LogP contribution in [0.5, 0.6) is 11.5 Å². The Morgan fingerprint density at radius 3 is 2.23 bits per heavy atom. The van der Waals surface area contributed by atoms with Gasteiger partial charge < -0.3 is 15.3 Å². The molecule has 0 aliphatic carbocycles. The quantitative estimate of drug-likeness (QED) is 0.605. The van der Waals surface area contributed by atoms with E-state index in [0.717, 1.165) is 5.56 Å². The first-order valence-electron chi connectivity index (χ1n) is 4.11. The van der Waals surface area contributed by atoms with Gasteiger partial charge in [0.05, 0.1) is 6.61 Å². The molecule has 0 radical (unpaired) electrons. The first kappa shape index (κ1) is 9.86. The van der Waals surface area contributed by atoms with Gasteiger partial charge in [-0.25, -0.2) is 0 Å². The highest BCUT2D eigenvalue weighted by Gasteiger charge is 2.20. The summed E-state index contributed by atoms with van der Waals surface area (Å²) in [5.74, 6) is -0.295. The fraction of sp³-hybridized carbons (Fsp3) is 0.400. The molecule has 0 saturated carbocycles. The van der Waals surface area contributed by atoms with Crippen LogP contribution in [0.3, 0.4) is 0 Å². The van der Waals surface area contributed by atoms with Gasteiger partial charge in [-0.15, -0.1) is 0 Å². The van der Waals surface area contributed by atoms with Crippen molar-refractivity contribution in [1.29, 1.82) is 0 Å². The third-order valence-corrected chi connectivity index (χ3v) is 2.15. The van der Waals surface area contributed by atoms with Crippen LogP contribution in [0.1, 0.15) is 19.4 Å². The summed E-state index contributed by atoms with van der Waals surface area (Å²) in [5.41, 5.74) is 0.399. The van der Waals surface area contributed by atoms with Crippen molar-refractivity contribution in [3.8, 4) is 11.5 Å². The molecule has 0 atom stereocenters. The largest absolute Gasteiger partial charge is 0.504 e. The van der Waals surface area contributed by atoms with Crippen molar-refractivity contribution in [1.82, 2.24) is 0 Å². The summed E-state index contributed by atoms with van der Waals surface area (Å²) in [7, 11) is 0. The average Bonchev–Trinajstić information content (AvgIpc) is 2.09. The topological polar surface area (TPSA) is 60.7 Å². The Hall–Kier alpha value is -1.22. The van der Waals surface area contributed by atoms with Gasteiger partial charge in [-0.1, -0.05) is 19.9 Å². The van der Waals surface area contributed by atoms with Crippen LogP contribution >= 0.6 is 0 Å². The third-order valence-electron chi connectivity index (χ3n) is 2.15. The summed E-state index contributed by atoms with van der Waals surface area (Å²) in [6.45, 7) is 3.72. The van der Waals surface area contributed by atoms with Gasteiger partial charge in [0.15, 0.2) is 11.5 Å². The van der Waals surface area contributed by atoms with E-state index in [1.165, 1.54) is 12.1 Å². The van der Waals surface area contributed by atoms with Crippen LogP contribution in [-0.2, 0) is 5.41 Å². The molecule has 0 fully saturated rings. The molecule has 0 aliphatic rings. The Bertz CT molecular complexity index is 305. The summed E-state index contributed by atoms with van der Waals surface area (Å²) in [5, 5.41) is 27.4. The Balaban J connectivity index is 3.10. The van der Waals surface area contributed by atoms with E-state index < -0.39 is 5.41 Å². The Morgan fingerprint density at radius 2 is 1.77 bits per heavy atom. The second kappa shape index (κ2) is 3.26. The molecule has 0 aromatic heterocycles. The highest BCUT2D eigenvalue weighted by molar-refractivity contribution is 5.42. The van der Waals surface area contributed by atoms with Crippen LogP contribution in [0.2, 0.25) is 0 Å². The maximum atomic E-state index is 9.23. The molecule has 0 saturated heterocycles. The fourth-order valence-corrected chi connectivity index (χ4v) is 1.04. The van der Waals surface area contributed by atoms with Crippen molar-refractivity contribution in [3.63, 3.8) is 0 Å². The molecule has 1 rings (SSSR count). The van der Waals surface area contributed by atoms with Gasteiger partial charge in [0.2, 0.25) is 0 Å². The van der Waals surface area contributed by atoms with Crippen LogP contribution in [0.15, 0.2) is 18.2 Å². The first-order chi connectivity index (χ1) is 5.97. The molecular weight excluding hydrogens is 168 g/mol. The normalized spacial score (nSPS) is 11.6. The standard InChI is InChI=1S/C10H14O3/c1-10(2,6-11)7-3-4-8(12)9(13)5-7/h3-5,11-13H,6H2,1-2H3. The lowest BCUT2D eigenvalue weighted by Crippen LogP contribution is -2.21.